The minimum absolute atomic E-state index is 0.0672. The van der Waals surface area contributed by atoms with Crippen LogP contribution in [0.2, 0.25) is 0 Å². The molecule has 0 aliphatic rings. The van der Waals surface area contributed by atoms with Gasteiger partial charge in [0.05, 0.1) is 19.0 Å². The SMILES string of the molecule is COc1cc2ncc(-c3nc(C)c(F)cc3F)n2nc1C(C)(C)O. The van der Waals surface area contributed by atoms with E-state index in [9.17, 15) is 13.9 Å². The molecule has 0 bridgehead atoms. The third-order valence-corrected chi connectivity index (χ3v) is 3.60. The molecule has 3 rings (SSSR count). The number of hydrogen-bond donors (Lipinski definition) is 1. The summed E-state index contributed by atoms with van der Waals surface area (Å²) in [5, 5.41) is 14.6. The van der Waals surface area contributed by atoms with E-state index in [2.05, 4.69) is 15.1 Å². The molecule has 3 heterocycles. The molecule has 24 heavy (non-hydrogen) atoms. The van der Waals surface area contributed by atoms with E-state index >= 15 is 0 Å². The lowest BCUT2D eigenvalue weighted by Crippen LogP contribution is -2.20. The second kappa shape index (κ2) is 5.48. The molecule has 0 unspecified atom stereocenters. The predicted molar refractivity (Wildman–Crippen MR) is 82.7 cm³/mol. The summed E-state index contributed by atoms with van der Waals surface area (Å²) in [5.74, 6) is -1.19. The molecule has 0 saturated heterocycles. The number of aromatic nitrogens is 4. The maximum atomic E-state index is 14.2. The van der Waals surface area contributed by atoms with Crippen LogP contribution in [0.15, 0.2) is 18.3 Å². The van der Waals surface area contributed by atoms with E-state index in [1.165, 1.54) is 24.7 Å². The summed E-state index contributed by atoms with van der Waals surface area (Å²) >= 11 is 0. The fraction of sp³-hybridized carbons (Fsp3) is 0.312. The van der Waals surface area contributed by atoms with Crippen molar-refractivity contribution in [1.82, 2.24) is 19.6 Å². The van der Waals surface area contributed by atoms with Crippen LogP contribution in [0.25, 0.3) is 17.0 Å². The molecule has 0 radical (unpaired) electrons. The number of ether oxygens (including phenoxy) is 1. The van der Waals surface area contributed by atoms with Gasteiger partial charge in [-0.05, 0) is 20.8 Å². The zero-order valence-corrected chi connectivity index (χ0v) is 13.6. The van der Waals surface area contributed by atoms with Crippen molar-refractivity contribution in [2.24, 2.45) is 0 Å². The van der Waals surface area contributed by atoms with Crippen LogP contribution in [0.5, 0.6) is 5.75 Å². The average molecular weight is 334 g/mol. The molecule has 0 aliphatic heterocycles. The number of fused-ring (bicyclic) bond motifs is 1. The normalized spacial score (nSPS) is 12.0. The third-order valence-electron chi connectivity index (χ3n) is 3.60. The molecule has 8 heteroatoms. The Morgan fingerprint density at radius 3 is 2.54 bits per heavy atom. The molecular formula is C16H16F2N4O2. The van der Waals surface area contributed by atoms with Gasteiger partial charge in [0, 0.05) is 12.1 Å². The number of rotatable bonds is 3. The maximum absolute atomic E-state index is 14.2. The lowest BCUT2D eigenvalue weighted by molar-refractivity contribution is 0.0694. The average Bonchev–Trinajstić information content (AvgIpc) is 2.91. The van der Waals surface area contributed by atoms with E-state index < -0.39 is 17.2 Å². The number of nitrogens with zero attached hydrogens (tertiary/aromatic N) is 4. The van der Waals surface area contributed by atoms with Gasteiger partial charge in [0.1, 0.15) is 34.2 Å². The second-order valence-corrected chi connectivity index (χ2v) is 5.92. The molecule has 0 saturated carbocycles. The smallest absolute Gasteiger partial charge is 0.157 e. The minimum atomic E-state index is -1.29. The van der Waals surface area contributed by atoms with Crippen molar-refractivity contribution in [2.45, 2.75) is 26.4 Å². The number of pyridine rings is 1. The van der Waals surface area contributed by atoms with Gasteiger partial charge in [-0.2, -0.15) is 5.10 Å². The first-order chi connectivity index (χ1) is 11.2. The Labute approximate surface area is 136 Å². The van der Waals surface area contributed by atoms with Crippen molar-refractivity contribution in [1.29, 1.82) is 0 Å². The van der Waals surface area contributed by atoms with Gasteiger partial charge in [0.25, 0.3) is 0 Å². The van der Waals surface area contributed by atoms with Crippen LogP contribution in [0, 0.1) is 18.6 Å². The highest BCUT2D eigenvalue weighted by Gasteiger charge is 2.26. The standard InChI is InChI=1S/C16H16F2N4O2/c1-8-9(17)5-10(18)14(20-8)11-7-19-13-6-12(24-4)15(16(2,3)23)21-22(11)13/h5-7,23H,1-4H3. The Hall–Kier alpha value is -2.61. The van der Waals surface area contributed by atoms with Gasteiger partial charge < -0.3 is 9.84 Å². The Morgan fingerprint density at radius 2 is 1.92 bits per heavy atom. The Balaban J connectivity index is 2.30. The maximum Gasteiger partial charge on any atom is 0.157 e. The minimum Gasteiger partial charge on any atom is -0.495 e. The fourth-order valence-electron chi connectivity index (χ4n) is 2.38. The number of aryl methyl sites for hydroxylation is 1. The molecule has 0 spiro atoms. The molecular weight excluding hydrogens is 318 g/mol. The Kier molecular flexibility index (Phi) is 3.71. The topological polar surface area (TPSA) is 72.5 Å². The van der Waals surface area contributed by atoms with Crippen LogP contribution in [0.3, 0.4) is 0 Å². The molecule has 3 aromatic heterocycles. The molecule has 1 N–H and O–H groups in total. The van der Waals surface area contributed by atoms with Crippen LogP contribution < -0.4 is 4.74 Å². The summed E-state index contributed by atoms with van der Waals surface area (Å²) in [4.78, 5) is 8.11. The lowest BCUT2D eigenvalue weighted by Gasteiger charge is -2.19. The zero-order chi connectivity index (χ0) is 17.6. The largest absolute Gasteiger partial charge is 0.495 e. The fourth-order valence-corrected chi connectivity index (χ4v) is 2.38. The monoisotopic (exact) mass is 334 g/mol. The van der Waals surface area contributed by atoms with E-state index in [0.29, 0.717) is 11.4 Å². The Morgan fingerprint density at radius 1 is 1.21 bits per heavy atom. The number of halogens is 2. The molecule has 0 fully saturated rings. The highest BCUT2D eigenvalue weighted by molar-refractivity contribution is 5.61. The number of methoxy groups -OCH3 is 1. The summed E-state index contributed by atoms with van der Waals surface area (Å²) in [6.07, 6.45) is 1.39. The zero-order valence-electron chi connectivity index (χ0n) is 13.6. The molecule has 0 aliphatic carbocycles. The lowest BCUT2D eigenvalue weighted by atomic mass is 10.0. The summed E-state index contributed by atoms with van der Waals surface area (Å²) in [7, 11) is 1.46. The van der Waals surface area contributed by atoms with Crippen LogP contribution in [0.4, 0.5) is 8.78 Å². The first-order valence-electron chi connectivity index (χ1n) is 7.21. The van der Waals surface area contributed by atoms with Crippen molar-refractivity contribution in [3.63, 3.8) is 0 Å². The quantitative estimate of drug-likeness (QED) is 0.797. The van der Waals surface area contributed by atoms with E-state index in [4.69, 9.17) is 4.74 Å². The van der Waals surface area contributed by atoms with E-state index in [0.717, 1.165) is 6.07 Å². The summed E-state index contributed by atoms with van der Waals surface area (Å²) in [5.41, 5.74) is -0.391. The Bertz CT molecular complexity index is 932. The molecule has 6 nitrogen and oxygen atoms in total. The molecule has 0 atom stereocenters. The first-order valence-corrected chi connectivity index (χ1v) is 7.21. The van der Waals surface area contributed by atoms with Crippen LogP contribution in [-0.2, 0) is 5.60 Å². The number of hydrogen-bond acceptors (Lipinski definition) is 5. The molecule has 0 aromatic carbocycles. The van der Waals surface area contributed by atoms with Crippen molar-refractivity contribution in [3.8, 4) is 17.1 Å². The molecule has 0 amide bonds. The van der Waals surface area contributed by atoms with Gasteiger partial charge in [0.15, 0.2) is 11.5 Å². The summed E-state index contributed by atoms with van der Waals surface area (Å²) in [6, 6.07) is 2.36. The van der Waals surface area contributed by atoms with Gasteiger partial charge in [-0.25, -0.2) is 23.3 Å². The van der Waals surface area contributed by atoms with Crippen LogP contribution in [-0.4, -0.2) is 31.8 Å². The van der Waals surface area contributed by atoms with Gasteiger partial charge in [-0.15, -0.1) is 0 Å². The van der Waals surface area contributed by atoms with Gasteiger partial charge in [-0.1, -0.05) is 0 Å². The van der Waals surface area contributed by atoms with Crippen molar-refractivity contribution < 1.29 is 18.6 Å². The molecule has 126 valence electrons. The summed E-state index contributed by atoms with van der Waals surface area (Å²) < 4.78 is 34.2. The van der Waals surface area contributed by atoms with E-state index in [-0.39, 0.29) is 22.8 Å². The van der Waals surface area contributed by atoms with Gasteiger partial charge >= 0.3 is 0 Å². The van der Waals surface area contributed by atoms with Crippen LogP contribution in [0.1, 0.15) is 25.2 Å². The summed E-state index contributed by atoms with van der Waals surface area (Å²) in [6.45, 7) is 4.56. The van der Waals surface area contributed by atoms with Crippen molar-refractivity contribution in [2.75, 3.05) is 7.11 Å². The van der Waals surface area contributed by atoms with E-state index in [1.54, 1.807) is 19.9 Å². The third kappa shape index (κ3) is 2.58. The number of imidazole rings is 1. The first kappa shape index (κ1) is 16.3. The number of aliphatic hydroxyl groups is 1. The molecule has 3 aromatic rings. The highest BCUT2D eigenvalue weighted by Crippen LogP contribution is 2.30. The van der Waals surface area contributed by atoms with Gasteiger partial charge in [0.2, 0.25) is 0 Å². The van der Waals surface area contributed by atoms with Crippen molar-refractivity contribution in [3.05, 3.63) is 41.4 Å². The van der Waals surface area contributed by atoms with E-state index in [1.807, 2.05) is 0 Å². The predicted octanol–water partition coefficient (Wildman–Crippen LogP) is 2.61. The second-order valence-electron chi connectivity index (χ2n) is 5.92. The highest BCUT2D eigenvalue weighted by atomic mass is 19.1. The van der Waals surface area contributed by atoms with Crippen molar-refractivity contribution >= 4 is 5.65 Å². The van der Waals surface area contributed by atoms with Crippen LogP contribution >= 0.6 is 0 Å². The van der Waals surface area contributed by atoms with Gasteiger partial charge in [-0.3, -0.25) is 0 Å².